The highest BCUT2D eigenvalue weighted by atomic mass is 35.5. The fourth-order valence-corrected chi connectivity index (χ4v) is 4.38. The van der Waals surface area contributed by atoms with Gasteiger partial charge < -0.3 is 9.47 Å². The molecule has 3 aromatic carbocycles. The number of aryl methyl sites for hydroxylation is 1. The van der Waals surface area contributed by atoms with Crippen molar-refractivity contribution in [3.05, 3.63) is 99.3 Å². The first kappa shape index (κ1) is 19.9. The first-order valence-corrected chi connectivity index (χ1v) is 10.7. The van der Waals surface area contributed by atoms with Crippen molar-refractivity contribution in [2.75, 3.05) is 6.73 Å². The van der Waals surface area contributed by atoms with E-state index in [-0.39, 0.29) is 11.8 Å². The van der Waals surface area contributed by atoms with Crippen LogP contribution in [-0.2, 0) is 6.54 Å². The van der Waals surface area contributed by atoms with E-state index in [4.69, 9.17) is 21.1 Å². The summed E-state index contributed by atoms with van der Waals surface area (Å²) in [6, 6.07) is 19.8. The molecule has 0 bridgehead atoms. The van der Waals surface area contributed by atoms with E-state index in [1.54, 1.807) is 12.1 Å². The van der Waals surface area contributed by atoms with Crippen LogP contribution >= 0.6 is 11.6 Å². The molecule has 0 fully saturated rings. The molecule has 0 saturated heterocycles. The molecule has 0 saturated carbocycles. The molecule has 0 N–H and O–H groups in total. The number of Topliss-reactive ketones (excluding diaryl/α,β-unsaturated/α-hetero) is 1. The number of hydrogen-bond donors (Lipinski definition) is 0. The summed E-state index contributed by atoms with van der Waals surface area (Å²) >= 11 is 6.10. The summed E-state index contributed by atoms with van der Waals surface area (Å²) in [7, 11) is 0. The van der Waals surface area contributed by atoms with Crippen LogP contribution in [0.1, 0.15) is 45.6 Å². The van der Waals surface area contributed by atoms with Crippen LogP contribution in [-0.4, -0.2) is 17.4 Å². The van der Waals surface area contributed by atoms with Gasteiger partial charge in [-0.3, -0.25) is 9.69 Å². The van der Waals surface area contributed by atoms with Gasteiger partial charge in [0, 0.05) is 17.6 Å². The highest BCUT2D eigenvalue weighted by Gasteiger charge is 2.36. The summed E-state index contributed by atoms with van der Waals surface area (Å²) in [5, 5.41) is 0.616. The smallest absolute Gasteiger partial charge is 0.232 e. The molecule has 3 aromatic rings. The molecule has 1 unspecified atom stereocenters. The van der Waals surface area contributed by atoms with Gasteiger partial charge in [0.2, 0.25) is 5.78 Å². The van der Waals surface area contributed by atoms with Gasteiger partial charge in [0.25, 0.3) is 0 Å². The Morgan fingerprint density at radius 3 is 2.68 bits per heavy atom. The minimum Gasteiger partial charge on any atom is -0.478 e. The lowest BCUT2D eigenvalue weighted by Crippen LogP contribution is -2.34. The predicted octanol–water partition coefficient (Wildman–Crippen LogP) is 6.18. The Balaban J connectivity index is 1.50. The summed E-state index contributed by atoms with van der Waals surface area (Å²) in [6.07, 6.45) is 1.74. The molecule has 1 atom stereocenters. The molecule has 5 rings (SSSR count). The van der Waals surface area contributed by atoms with Crippen molar-refractivity contribution >= 4 is 23.5 Å². The number of allylic oxidation sites excluding steroid dienone is 1. The molecule has 4 nitrogen and oxygen atoms in total. The average Bonchev–Trinajstić information content (AvgIpc) is 3.10. The van der Waals surface area contributed by atoms with Crippen LogP contribution in [0, 0.1) is 6.92 Å². The van der Waals surface area contributed by atoms with Gasteiger partial charge in [0.1, 0.15) is 18.2 Å². The third-order valence-electron chi connectivity index (χ3n) is 5.93. The number of nitrogens with zero attached hydrogens (tertiary/aromatic N) is 1. The summed E-state index contributed by atoms with van der Waals surface area (Å²) in [4.78, 5) is 15.4. The van der Waals surface area contributed by atoms with Crippen LogP contribution in [0.25, 0.3) is 6.08 Å². The molecule has 156 valence electrons. The number of fused-ring (bicyclic) bond motifs is 3. The predicted molar refractivity (Wildman–Crippen MR) is 121 cm³/mol. The van der Waals surface area contributed by atoms with Gasteiger partial charge in [-0.05, 0) is 54.8 Å². The van der Waals surface area contributed by atoms with E-state index in [9.17, 15) is 4.79 Å². The SMILES string of the molecule is Cc1cc2c(c3c1C(=O)/C(=C/c1cccc(Cl)c1)O3)CN(C(C)c1ccccc1)CO2. The number of carbonyl (C=O) groups is 1. The van der Waals surface area contributed by atoms with Gasteiger partial charge in [-0.2, -0.15) is 0 Å². The molecule has 5 heteroatoms. The largest absolute Gasteiger partial charge is 0.478 e. The second kappa shape index (κ2) is 7.88. The van der Waals surface area contributed by atoms with E-state index in [2.05, 4.69) is 24.0 Å². The summed E-state index contributed by atoms with van der Waals surface area (Å²) in [6.45, 7) is 5.21. The number of rotatable bonds is 3. The summed E-state index contributed by atoms with van der Waals surface area (Å²) < 4.78 is 12.2. The van der Waals surface area contributed by atoms with Crippen LogP contribution in [0.2, 0.25) is 5.02 Å². The standard InChI is InChI=1S/C26H22ClNO3/c1-16-11-22-21(14-28(15-30-22)17(2)19-8-4-3-5-9-19)26-24(16)25(29)23(31-26)13-18-7-6-10-20(27)12-18/h3-13,17H,14-15H2,1-2H3/b23-13-. The maximum Gasteiger partial charge on any atom is 0.232 e. The molecular weight excluding hydrogens is 410 g/mol. The molecule has 0 aromatic heterocycles. The van der Waals surface area contributed by atoms with E-state index in [0.29, 0.717) is 35.4 Å². The van der Waals surface area contributed by atoms with Crippen LogP contribution < -0.4 is 9.47 Å². The summed E-state index contributed by atoms with van der Waals surface area (Å²) in [5.74, 6) is 1.59. The Labute approximate surface area is 186 Å². The zero-order chi connectivity index (χ0) is 21.5. The molecule has 2 aliphatic rings. The molecular formula is C26H22ClNO3. The molecule has 31 heavy (non-hydrogen) atoms. The van der Waals surface area contributed by atoms with Crippen molar-refractivity contribution in [2.45, 2.75) is 26.4 Å². The van der Waals surface area contributed by atoms with Gasteiger partial charge in [-0.25, -0.2) is 0 Å². The van der Waals surface area contributed by atoms with Gasteiger partial charge in [-0.15, -0.1) is 0 Å². The van der Waals surface area contributed by atoms with Crippen LogP contribution in [0.15, 0.2) is 66.4 Å². The Morgan fingerprint density at radius 2 is 1.90 bits per heavy atom. The van der Waals surface area contributed by atoms with Crippen molar-refractivity contribution in [1.29, 1.82) is 0 Å². The Bertz CT molecular complexity index is 1200. The minimum absolute atomic E-state index is 0.108. The van der Waals surface area contributed by atoms with E-state index in [1.165, 1.54) is 5.56 Å². The van der Waals surface area contributed by atoms with Gasteiger partial charge in [0.05, 0.1) is 11.1 Å². The average molecular weight is 432 g/mol. The number of carbonyl (C=O) groups excluding carboxylic acids is 1. The highest BCUT2D eigenvalue weighted by Crippen LogP contribution is 2.45. The van der Waals surface area contributed by atoms with Crippen molar-refractivity contribution in [1.82, 2.24) is 4.90 Å². The van der Waals surface area contributed by atoms with Gasteiger partial charge in [0.15, 0.2) is 5.76 Å². The van der Waals surface area contributed by atoms with Gasteiger partial charge in [-0.1, -0.05) is 54.1 Å². The quantitative estimate of drug-likeness (QED) is 0.464. The Kier molecular flexibility index (Phi) is 5.05. The van der Waals surface area contributed by atoms with E-state index in [1.807, 2.05) is 49.4 Å². The summed E-state index contributed by atoms with van der Waals surface area (Å²) in [5.41, 5.74) is 4.43. The first-order valence-electron chi connectivity index (χ1n) is 10.3. The third kappa shape index (κ3) is 3.62. The molecule has 0 aliphatic carbocycles. The first-order chi connectivity index (χ1) is 15.0. The molecule has 0 amide bonds. The minimum atomic E-state index is -0.108. The number of ether oxygens (including phenoxy) is 2. The molecule has 0 spiro atoms. The number of halogens is 1. The normalized spacial score (nSPS) is 17.6. The topological polar surface area (TPSA) is 38.8 Å². The lowest BCUT2D eigenvalue weighted by atomic mass is 9.98. The monoisotopic (exact) mass is 431 g/mol. The van der Waals surface area contributed by atoms with E-state index >= 15 is 0 Å². The zero-order valence-corrected chi connectivity index (χ0v) is 18.1. The molecule has 2 heterocycles. The van der Waals surface area contributed by atoms with Crippen molar-refractivity contribution in [2.24, 2.45) is 0 Å². The zero-order valence-electron chi connectivity index (χ0n) is 17.4. The number of ketones is 1. The second-order valence-corrected chi connectivity index (χ2v) is 8.41. The number of hydrogen-bond acceptors (Lipinski definition) is 4. The maximum absolute atomic E-state index is 13.1. The third-order valence-corrected chi connectivity index (χ3v) is 6.16. The molecule has 2 aliphatic heterocycles. The lowest BCUT2D eigenvalue weighted by molar-refractivity contribution is 0.0605. The van der Waals surface area contributed by atoms with Crippen molar-refractivity contribution in [3.8, 4) is 11.5 Å². The van der Waals surface area contributed by atoms with Gasteiger partial charge >= 0.3 is 0 Å². The number of benzene rings is 3. The van der Waals surface area contributed by atoms with Crippen LogP contribution in [0.5, 0.6) is 11.5 Å². The van der Waals surface area contributed by atoms with Crippen molar-refractivity contribution < 1.29 is 14.3 Å². The van der Waals surface area contributed by atoms with Crippen molar-refractivity contribution in [3.63, 3.8) is 0 Å². The molecule has 0 radical (unpaired) electrons. The fourth-order valence-electron chi connectivity index (χ4n) is 4.19. The fraction of sp³-hybridized carbons (Fsp3) is 0.192. The van der Waals surface area contributed by atoms with Crippen LogP contribution in [0.3, 0.4) is 0 Å². The lowest BCUT2D eigenvalue weighted by Gasteiger charge is -2.34. The Hall–Kier alpha value is -3.08. The van der Waals surface area contributed by atoms with E-state index in [0.717, 1.165) is 22.4 Å². The second-order valence-electron chi connectivity index (χ2n) is 7.98. The van der Waals surface area contributed by atoms with E-state index < -0.39 is 0 Å². The Morgan fingerprint density at radius 1 is 1.10 bits per heavy atom. The maximum atomic E-state index is 13.1. The highest BCUT2D eigenvalue weighted by molar-refractivity contribution is 6.30. The van der Waals surface area contributed by atoms with Crippen LogP contribution in [0.4, 0.5) is 0 Å².